The third-order valence-electron chi connectivity index (χ3n) is 3.75. The van der Waals surface area contributed by atoms with Crippen LogP contribution in [0.25, 0.3) is 5.65 Å². The molecule has 2 aromatic heterocycles. The standard InChI is InChI=1S/C13H14BrN3O2/c14-10-5-6-11-15-12(16-17(11)7-10)8-1-3-9(4-2-8)13(18)19/h5-9H,1-4H2,(H,18,19). The van der Waals surface area contributed by atoms with E-state index in [1.54, 1.807) is 4.52 Å². The zero-order chi connectivity index (χ0) is 13.4. The zero-order valence-electron chi connectivity index (χ0n) is 10.3. The van der Waals surface area contributed by atoms with Crippen molar-refractivity contribution in [3.8, 4) is 0 Å². The summed E-state index contributed by atoms with van der Waals surface area (Å²) in [5.41, 5.74) is 0.832. The van der Waals surface area contributed by atoms with Crippen LogP contribution in [0.5, 0.6) is 0 Å². The third-order valence-corrected chi connectivity index (χ3v) is 4.22. The minimum atomic E-state index is -0.676. The van der Waals surface area contributed by atoms with Crippen LogP contribution in [-0.4, -0.2) is 25.7 Å². The van der Waals surface area contributed by atoms with Crippen LogP contribution < -0.4 is 0 Å². The normalized spacial score (nSPS) is 23.6. The van der Waals surface area contributed by atoms with E-state index in [1.807, 2.05) is 18.3 Å². The number of rotatable bonds is 2. The van der Waals surface area contributed by atoms with E-state index in [2.05, 4.69) is 26.0 Å². The maximum Gasteiger partial charge on any atom is 0.306 e. The number of hydrogen-bond acceptors (Lipinski definition) is 3. The lowest BCUT2D eigenvalue weighted by Crippen LogP contribution is -2.21. The molecule has 0 amide bonds. The van der Waals surface area contributed by atoms with Gasteiger partial charge in [0.15, 0.2) is 11.5 Å². The van der Waals surface area contributed by atoms with Crippen LogP contribution in [-0.2, 0) is 4.79 Å². The smallest absolute Gasteiger partial charge is 0.306 e. The molecular formula is C13H14BrN3O2. The Morgan fingerprint density at radius 2 is 2.05 bits per heavy atom. The summed E-state index contributed by atoms with van der Waals surface area (Å²) in [6.07, 6.45) is 5.04. The van der Waals surface area contributed by atoms with Crippen LogP contribution in [0, 0.1) is 5.92 Å². The fourth-order valence-electron chi connectivity index (χ4n) is 2.65. The molecule has 1 N–H and O–H groups in total. The quantitative estimate of drug-likeness (QED) is 0.922. The number of halogens is 1. The van der Waals surface area contributed by atoms with Crippen molar-refractivity contribution in [1.29, 1.82) is 0 Å². The van der Waals surface area contributed by atoms with Gasteiger partial charge in [-0.25, -0.2) is 9.50 Å². The predicted molar refractivity (Wildman–Crippen MR) is 73.0 cm³/mol. The monoisotopic (exact) mass is 323 g/mol. The van der Waals surface area contributed by atoms with E-state index < -0.39 is 5.97 Å². The molecule has 5 nitrogen and oxygen atoms in total. The molecule has 1 aliphatic rings. The number of nitrogens with zero attached hydrogens (tertiary/aromatic N) is 3. The van der Waals surface area contributed by atoms with Gasteiger partial charge in [0.2, 0.25) is 0 Å². The van der Waals surface area contributed by atoms with Crippen LogP contribution in [0.15, 0.2) is 22.8 Å². The molecule has 0 bridgehead atoms. The molecule has 2 aromatic rings. The molecule has 0 aliphatic heterocycles. The van der Waals surface area contributed by atoms with Crippen molar-refractivity contribution in [2.45, 2.75) is 31.6 Å². The molecule has 19 heavy (non-hydrogen) atoms. The van der Waals surface area contributed by atoms with Crippen molar-refractivity contribution >= 4 is 27.5 Å². The highest BCUT2D eigenvalue weighted by molar-refractivity contribution is 9.10. The van der Waals surface area contributed by atoms with Gasteiger partial charge in [-0.1, -0.05) is 0 Å². The van der Waals surface area contributed by atoms with Gasteiger partial charge in [0, 0.05) is 16.6 Å². The van der Waals surface area contributed by atoms with E-state index in [-0.39, 0.29) is 11.8 Å². The van der Waals surface area contributed by atoms with Crippen molar-refractivity contribution in [3.63, 3.8) is 0 Å². The van der Waals surface area contributed by atoms with E-state index in [9.17, 15) is 4.79 Å². The lowest BCUT2D eigenvalue weighted by molar-refractivity contribution is -0.142. The third kappa shape index (κ3) is 2.49. The Hall–Kier alpha value is -1.43. The summed E-state index contributed by atoms with van der Waals surface area (Å²) in [7, 11) is 0. The molecule has 0 aromatic carbocycles. The van der Waals surface area contributed by atoms with Gasteiger partial charge in [0.05, 0.1) is 5.92 Å². The summed E-state index contributed by atoms with van der Waals surface area (Å²) in [5.74, 6) is 0.254. The number of carbonyl (C=O) groups is 1. The Balaban J connectivity index is 1.80. The van der Waals surface area contributed by atoms with Crippen molar-refractivity contribution in [1.82, 2.24) is 14.6 Å². The summed E-state index contributed by atoms with van der Waals surface area (Å²) >= 11 is 3.41. The predicted octanol–water partition coefficient (Wildman–Crippen LogP) is 2.85. The highest BCUT2D eigenvalue weighted by Crippen LogP contribution is 2.34. The van der Waals surface area contributed by atoms with E-state index in [0.717, 1.165) is 41.6 Å². The first-order chi connectivity index (χ1) is 9.13. The Morgan fingerprint density at radius 1 is 1.32 bits per heavy atom. The Morgan fingerprint density at radius 3 is 2.74 bits per heavy atom. The van der Waals surface area contributed by atoms with E-state index in [4.69, 9.17) is 5.11 Å². The van der Waals surface area contributed by atoms with Gasteiger partial charge in [0.25, 0.3) is 0 Å². The first kappa shape index (κ1) is 12.6. The maximum absolute atomic E-state index is 10.9. The SMILES string of the molecule is O=C(O)C1CCC(c2nc3ccc(Br)cn3n2)CC1. The number of aliphatic carboxylic acids is 1. The highest BCUT2D eigenvalue weighted by Gasteiger charge is 2.28. The van der Waals surface area contributed by atoms with Crippen molar-refractivity contribution < 1.29 is 9.90 Å². The van der Waals surface area contributed by atoms with Gasteiger partial charge in [0.1, 0.15) is 0 Å². The second-order valence-electron chi connectivity index (χ2n) is 5.01. The number of aromatic nitrogens is 3. The second-order valence-corrected chi connectivity index (χ2v) is 5.92. The van der Waals surface area contributed by atoms with Gasteiger partial charge >= 0.3 is 5.97 Å². The molecule has 100 valence electrons. The van der Waals surface area contributed by atoms with Crippen molar-refractivity contribution in [2.24, 2.45) is 5.92 Å². The molecule has 0 atom stereocenters. The van der Waals surface area contributed by atoms with Crippen molar-refractivity contribution in [2.75, 3.05) is 0 Å². The van der Waals surface area contributed by atoms with Crippen LogP contribution in [0.2, 0.25) is 0 Å². The number of carboxylic acid groups (broad SMARTS) is 1. The molecule has 1 aliphatic carbocycles. The number of carboxylic acids is 1. The largest absolute Gasteiger partial charge is 0.481 e. The Labute approximate surface area is 118 Å². The first-order valence-electron chi connectivity index (χ1n) is 6.38. The summed E-state index contributed by atoms with van der Waals surface area (Å²) in [6, 6.07) is 3.86. The maximum atomic E-state index is 10.9. The molecule has 2 heterocycles. The van der Waals surface area contributed by atoms with Gasteiger partial charge in [-0.3, -0.25) is 4.79 Å². The van der Waals surface area contributed by atoms with E-state index in [0.29, 0.717) is 0 Å². The minimum absolute atomic E-state index is 0.192. The summed E-state index contributed by atoms with van der Waals surface area (Å²) in [4.78, 5) is 15.5. The average Bonchev–Trinajstić information content (AvgIpc) is 2.81. The fraction of sp³-hybridized carbons (Fsp3) is 0.462. The molecule has 0 radical (unpaired) electrons. The Bertz CT molecular complexity index is 617. The molecule has 1 saturated carbocycles. The molecule has 0 unspecified atom stereocenters. The number of hydrogen-bond donors (Lipinski definition) is 1. The van der Waals surface area contributed by atoms with Gasteiger partial charge in [-0.15, -0.1) is 0 Å². The highest BCUT2D eigenvalue weighted by atomic mass is 79.9. The van der Waals surface area contributed by atoms with Gasteiger partial charge < -0.3 is 5.11 Å². The molecule has 1 fully saturated rings. The summed E-state index contributed by atoms with van der Waals surface area (Å²) in [5, 5.41) is 13.5. The fourth-order valence-corrected chi connectivity index (χ4v) is 2.97. The van der Waals surface area contributed by atoms with Crippen LogP contribution in [0.1, 0.15) is 37.4 Å². The lowest BCUT2D eigenvalue weighted by Gasteiger charge is -2.23. The molecule has 0 spiro atoms. The summed E-state index contributed by atoms with van der Waals surface area (Å²) < 4.78 is 2.73. The number of pyridine rings is 1. The van der Waals surface area contributed by atoms with Gasteiger partial charge in [-0.2, -0.15) is 5.10 Å². The molecule has 3 rings (SSSR count). The van der Waals surface area contributed by atoms with Crippen LogP contribution in [0.3, 0.4) is 0 Å². The Kier molecular flexibility index (Phi) is 3.26. The zero-order valence-corrected chi connectivity index (χ0v) is 11.9. The van der Waals surface area contributed by atoms with E-state index in [1.165, 1.54) is 0 Å². The number of fused-ring (bicyclic) bond motifs is 1. The minimum Gasteiger partial charge on any atom is -0.481 e. The second kappa shape index (κ2) is 4.92. The average molecular weight is 324 g/mol. The first-order valence-corrected chi connectivity index (χ1v) is 7.17. The lowest BCUT2D eigenvalue weighted by atomic mass is 9.82. The van der Waals surface area contributed by atoms with Gasteiger partial charge in [-0.05, 0) is 53.7 Å². The van der Waals surface area contributed by atoms with Crippen LogP contribution >= 0.6 is 15.9 Å². The van der Waals surface area contributed by atoms with E-state index >= 15 is 0 Å². The topological polar surface area (TPSA) is 67.5 Å². The molecule has 6 heteroatoms. The van der Waals surface area contributed by atoms with Crippen molar-refractivity contribution in [3.05, 3.63) is 28.6 Å². The molecule has 0 saturated heterocycles. The summed E-state index contributed by atoms with van der Waals surface area (Å²) in [6.45, 7) is 0. The molecular weight excluding hydrogens is 310 g/mol. The van der Waals surface area contributed by atoms with Crippen LogP contribution in [0.4, 0.5) is 0 Å².